The highest BCUT2D eigenvalue weighted by atomic mass is 16.5. The van der Waals surface area contributed by atoms with Gasteiger partial charge in [0, 0.05) is 32.6 Å². The molecule has 3 aromatic carbocycles. The summed E-state index contributed by atoms with van der Waals surface area (Å²) in [6.07, 6.45) is -0.326. The topological polar surface area (TPSA) is 109 Å². The molecule has 1 aliphatic rings. The van der Waals surface area contributed by atoms with Gasteiger partial charge in [-0.05, 0) is 68.9 Å². The average molecular weight is 612 g/mol. The second-order valence-corrected chi connectivity index (χ2v) is 11.8. The predicted octanol–water partition coefficient (Wildman–Crippen LogP) is 5.13. The van der Waals surface area contributed by atoms with Crippen LogP contribution in [-0.2, 0) is 13.6 Å². The number of hydrogen-bond donors (Lipinski definition) is 2. The molecule has 0 saturated carbocycles. The third kappa shape index (κ3) is 7.53. The van der Waals surface area contributed by atoms with Gasteiger partial charge in [0.05, 0.1) is 29.6 Å². The van der Waals surface area contributed by atoms with Crippen LogP contribution >= 0.6 is 0 Å². The van der Waals surface area contributed by atoms with Crippen LogP contribution in [0.3, 0.4) is 0 Å². The zero-order valence-electron chi connectivity index (χ0n) is 26.4. The average Bonchev–Trinajstić information content (AvgIpc) is 3.37. The highest BCUT2D eigenvalue weighted by Crippen LogP contribution is 2.35. The molecule has 2 N–H and O–H groups in total. The van der Waals surface area contributed by atoms with Crippen LogP contribution in [0.15, 0.2) is 78.9 Å². The molecule has 0 radical (unpaired) electrons. The van der Waals surface area contributed by atoms with Gasteiger partial charge in [-0.3, -0.25) is 19.2 Å². The molecule has 5 rings (SSSR count). The monoisotopic (exact) mass is 611 g/mol. The van der Waals surface area contributed by atoms with E-state index in [1.807, 2.05) is 82.4 Å². The Morgan fingerprint density at radius 1 is 1.11 bits per heavy atom. The van der Waals surface area contributed by atoms with Crippen molar-refractivity contribution < 1.29 is 24.2 Å². The Morgan fingerprint density at radius 3 is 2.49 bits per heavy atom. The van der Waals surface area contributed by atoms with Crippen molar-refractivity contribution in [2.45, 2.75) is 39.5 Å². The van der Waals surface area contributed by atoms with Crippen molar-refractivity contribution in [1.29, 1.82) is 0 Å². The second kappa shape index (κ2) is 14.0. The number of anilines is 1. The number of aliphatic hydroxyl groups is 1. The Morgan fingerprint density at radius 2 is 1.82 bits per heavy atom. The number of nitrogens with one attached hydrogen (secondary N) is 1. The number of carbonyl (C=O) groups excluding carboxylic acids is 2. The second-order valence-electron chi connectivity index (χ2n) is 11.8. The number of para-hydroxylation sites is 2. The first-order valence-electron chi connectivity index (χ1n) is 15.2. The summed E-state index contributed by atoms with van der Waals surface area (Å²) in [7, 11) is 3.74. The number of hydrogen-bond acceptors (Lipinski definition) is 7. The van der Waals surface area contributed by atoms with Crippen LogP contribution in [0.2, 0.25) is 0 Å². The zero-order chi connectivity index (χ0) is 32.1. The Hall–Kier alpha value is -4.67. The van der Waals surface area contributed by atoms with Gasteiger partial charge in [0.25, 0.3) is 11.8 Å². The number of carbonyl (C=O) groups is 2. The van der Waals surface area contributed by atoms with Crippen LogP contribution in [0, 0.1) is 12.8 Å². The standard InChI is InChI=1S/C35H41N5O5/c1-23-19-40(25(3)22-41)35(43)29-12-9-13-30(36-34(42)31-18-24(2)37-39(31)5)33(29)45-32(23)21-38(4)20-26-14-16-28(17-15-26)44-27-10-7-6-8-11-27/h6-18,23,25,32,41H,19-22H2,1-5H3,(H,36,42)/t23-,25-,32+/m0/s1. The molecule has 1 aromatic heterocycles. The molecule has 2 amide bonds. The first-order chi connectivity index (χ1) is 21.6. The molecule has 0 fully saturated rings. The zero-order valence-corrected chi connectivity index (χ0v) is 26.4. The Bertz CT molecular complexity index is 1620. The van der Waals surface area contributed by atoms with E-state index in [9.17, 15) is 14.7 Å². The number of fused-ring (bicyclic) bond motifs is 1. The number of aliphatic hydroxyl groups excluding tert-OH is 1. The van der Waals surface area contributed by atoms with Crippen LogP contribution in [-0.4, -0.2) is 75.4 Å². The fourth-order valence-corrected chi connectivity index (χ4v) is 5.54. The number of nitrogens with zero attached hydrogens (tertiary/aromatic N) is 4. The first kappa shape index (κ1) is 31.7. The molecular weight excluding hydrogens is 570 g/mol. The fourth-order valence-electron chi connectivity index (χ4n) is 5.54. The number of likely N-dealkylation sites (N-methyl/N-ethyl adjacent to an activating group) is 1. The Kier molecular flexibility index (Phi) is 9.85. The van der Waals surface area contributed by atoms with E-state index >= 15 is 0 Å². The number of amides is 2. The third-order valence-corrected chi connectivity index (χ3v) is 8.02. The summed E-state index contributed by atoms with van der Waals surface area (Å²) < 4.78 is 14.1. The predicted molar refractivity (Wildman–Crippen MR) is 173 cm³/mol. The maximum Gasteiger partial charge on any atom is 0.274 e. The van der Waals surface area contributed by atoms with Crippen LogP contribution in [0.5, 0.6) is 17.2 Å². The van der Waals surface area contributed by atoms with Gasteiger partial charge in [-0.1, -0.05) is 43.3 Å². The maximum atomic E-state index is 13.8. The lowest BCUT2D eigenvalue weighted by atomic mass is 9.98. The quantitative estimate of drug-likeness (QED) is 0.256. The minimum atomic E-state index is -0.392. The summed E-state index contributed by atoms with van der Waals surface area (Å²) in [6.45, 7) is 7.16. The summed E-state index contributed by atoms with van der Waals surface area (Å²) in [5.41, 5.74) is 2.96. The van der Waals surface area contributed by atoms with E-state index in [4.69, 9.17) is 9.47 Å². The summed E-state index contributed by atoms with van der Waals surface area (Å²) in [6, 6.07) is 24.2. The van der Waals surface area contributed by atoms with Crippen molar-refractivity contribution in [2.24, 2.45) is 13.0 Å². The molecule has 4 aromatic rings. The minimum absolute atomic E-state index is 0.0799. The van der Waals surface area contributed by atoms with Gasteiger partial charge in [0.1, 0.15) is 23.3 Å². The van der Waals surface area contributed by atoms with Crippen molar-refractivity contribution in [3.8, 4) is 17.2 Å². The lowest BCUT2D eigenvalue weighted by Gasteiger charge is -2.38. The van der Waals surface area contributed by atoms with Gasteiger partial charge in [-0.25, -0.2) is 0 Å². The van der Waals surface area contributed by atoms with Crippen molar-refractivity contribution in [2.75, 3.05) is 32.1 Å². The van der Waals surface area contributed by atoms with E-state index < -0.39 is 6.04 Å². The molecule has 10 nitrogen and oxygen atoms in total. The van der Waals surface area contributed by atoms with Gasteiger partial charge in [-0.15, -0.1) is 0 Å². The van der Waals surface area contributed by atoms with Crippen molar-refractivity contribution in [3.63, 3.8) is 0 Å². The molecule has 0 saturated heterocycles. The summed E-state index contributed by atoms with van der Waals surface area (Å²) in [5, 5.41) is 17.2. The third-order valence-electron chi connectivity index (χ3n) is 8.02. The van der Waals surface area contributed by atoms with Crippen LogP contribution < -0.4 is 14.8 Å². The van der Waals surface area contributed by atoms with E-state index in [0.717, 1.165) is 22.8 Å². The summed E-state index contributed by atoms with van der Waals surface area (Å²) in [4.78, 5) is 30.9. The van der Waals surface area contributed by atoms with Crippen molar-refractivity contribution >= 4 is 17.5 Å². The van der Waals surface area contributed by atoms with Crippen molar-refractivity contribution in [3.05, 3.63) is 101 Å². The first-order valence-corrected chi connectivity index (χ1v) is 15.2. The summed E-state index contributed by atoms with van der Waals surface area (Å²) >= 11 is 0. The van der Waals surface area contributed by atoms with E-state index in [2.05, 4.69) is 15.3 Å². The molecule has 45 heavy (non-hydrogen) atoms. The lowest BCUT2D eigenvalue weighted by molar-refractivity contribution is 0.0343. The smallest absolute Gasteiger partial charge is 0.274 e. The Labute approximate surface area is 264 Å². The largest absolute Gasteiger partial charge is 0.486 e. The molecule has 0 unspecified atom stereocenters. The van der Waals surface area contributed by atoms with Crippen LogP contribution in [0.25, 0.3) is 0 Å². The van der Waals surface area contributed by atoms with Gasteiger partial charge in [-0.2, -0.15) is 5.10 Å². The number of benzene rings is 3. The van der Waals surface area contributed by atoms with Crippen LogP contribution in [0.1, 0.15) is 46.0 Å². The van der Waals surface area contributed by atoms with Crippen LogP contribution in [0.4, 0.5) is 5.69 Å². The van der Waals surface area contributed by atoms with Crippen molar-refractivity contribution in [1.82, 2.24) is 19.6 Å². The lowest BCUT2D eigenvalue weighted by Crippen LogP contribution is -2.49. The highest BCUT2D eigenvalue weighted by molar-refractivity contribution is 6.06. The maximum absolute atomic E-state index is 13.8. The van der Waals surface area contributed by atoms with Gasteiger partial charge >= 0.3 is 0 Å². The van der Waals surface area contributed by atoms with E-state index in [0.29, 0.717) is 42.3 Å². The highest BCUT2D eigenvalue weighted by Gasteiger charge is 2.34. The number of aryl methyl sites for hydroxylation is 2. The van der Waals surface area contributed by atoms with E-state index in [1.54, 1.807) is 36.2 Å². The molecule has 3 atom stereocenters. The number of ether oxygens (including phenoxy) is 2. The SMILES string of the molecule is Cc1cc(C(=O)Nc2cccc3c2O[C@H](CN(C)Cc2ccc(Oc4ccccc4)cc2)[C@@H](C)CN([C@@H](C)CO)C3=O)n(C)n1. The van der Waals surface area contributed by atoms with E-state index in [1.165, 1.54) is 4.68 Å². The van der Waals surface area contributed by atoms with Gasteiger partial charge in [0.15, 0.2) is 5.75 Å². The normalized spacial score (nSPS) is 17.2. The number of aromatic nitrogens is 2. The molecule has 2 heterocycles. The van der Waals surface area contributed by atoms with E-state index in [-0.39, 0.29) is 30.4 Å². The molecule has 0 aliphatic carbocycles. The molecule has 1 aliphatic heterocycles. The Balaban J connectivity index is 1.37. The minimum Gasteiger partial charge on any atom is -0.486 e. The fraction of sp³-hybridized carbons (Fsp3) is 0.343. The van der Waals surface area contributed by atoms with Gasteiger partial charge < -0.3 is 24.8 Å². The van der Waals surface area contributed by atoms with Gasteiger partial charge in [0.2, 0.25) is 0 Å². The molecule has 236 valence electrons. The molecule has 10 heteroatoms. The summed E-state index contributed by atoms with van der Waals surface area (Å²) in [5.74, 6) is 1.18. The molecule has 0 spiro atoms. The number of rotatable bonds is 10. The molecule has 0 bridgehead atoms. The molecular formula is C35H41N5O5.